The van der Waals surface area contributed by atoms with Crippen molar-refractivity contribution in [2.75, 3.05) is 19.0 Å². The van der Waals surface area contributed by atoms with Gasteiger partial charge in [0.1, 0.15) is 18.8 Å². The lowest BCUT2D eigenvalue weighted by molar-refractivity contribution is 0.130. The predicted molar refractivity (Wildman–Crippen MR) is 131 cm³/mol. The molecule has 10 heteroatoms. The quantitative estimate of drug-likeness (QED) is 0.415. The number of hydroxylamine groups is 1. The normalized spacial score (nSPS) is 15.8. The molecule has 0 aliphatic carbocycles. The van der Waals surface area contributed by atoms with Crippen LogP contribution in [0, 0.1) is 5.41 Å². The number of anilines is 2. The first-order chi connectivity index (χ1) is 15.8. The molecule has 2 aromatic carbocycles. The summed E-state index contributed by atoms with van der Waals surface area (Å²) in [7, 11) is 1.58. The van der Waals surface area contributed by atoms with Gasteiger partial charge in [-0.15, -0.1) is 5.48 Å². The average molecular weight is 490 g/mol. The SMILES string of the molecule is CCC(C)(C)C1=NC(COc2cc3ncnc(Nc4ccc(Cl)c(Cl)c4)c3cc2OC)NO1. The Kier molecular flexibility index (Phi) is 6.78. The molecule has 0 radical (unpaired) electrons. The Morgan fingerprint density at radius 2 is 1.94 bits per heavy atom. The Morgan fingerprint density at radius 1 is 1.12 bits per heavy atom. The fourth-order valence-electron chi connectivity index (χ4n) is 3.17. The van der Waals surface area contributed by atoms with Gasteiger partial charge in [0, 0.05) is 22.6 Å². The van der Waals surface area contributed by atoms with Gasteiger partial charge in [0.2, 0.25) is 5.90 Å². The van der Waals surface area contributed by atoms with Gasteiger partial charge < -0.3 is 19.6 Å². The maximum absolute atomic E-state index is 6.13. The Hall–Kier alpha value is -2.81. The summed E-state index contributed by atoms with van der Waals surface area (Å²) in [4.78, 5) is 18.9. The number of benzene rings is 2. The number of aliphatic imine (C=N–C) groups is 1. The largest absolute Gasteiger partial charge is 0.493 e. The first-order valence-electron chi connectivity index (χ1n) is 10.5. The fourth-order valence-corrected chi connectivity index (χ4v) is 3.47. The van der Waals surface area contributed by atoms with Crippen LogP contribution in [-0.2, 0) is 4.84 Å². The molecule has 33 heavy (non-hydrogen) atoms. The van der Waals surface area contributed by atoms with Gasteiger partial charge in [-0.3, -0.25) is 0 Å². The number of nitrogens with zero attached hydrogens (tertiary/aromatic N) is 3. The summed E-state index contributed by atoms with van der Waals surface area (Å²) in [5.74, 6) is 2.37. The maximum Gasteiger partial charge on any atom is 0.216 e. The summed E-state index contributed by atoms with van der Waals surface area (Å²) in [6.45, 7) is 6.55. The third-order valence-electron chi connectivity index (χ3n) is 5.53. The monoisotopic (exact) mass is 489 g/mol. The molecule has 4 rings (SSSR count). The topological polar surface area (TPSA) is 89.9 Å². The predicted octanol–water partition coefficient (Wildman–Crippen LogP) is 5.76. The van der Waals surface area contributed by atoms with Crippen molar-refractivity contribution in [3.05, 3.63) is 46.7 Å². The van der Waals surface area contributed by atoms with Gasteiger partial charge in [0.05, 0.1) is 22.7 Å². The molecule has 1 aliphatic rings. The molecule has 0 bridgehead atoms. The number of methoxy groups -OCH3 is 1. The number of aromatic nitrogens is 2. The fraction of sp³-hybridized carbons (Fsp3) is 0.348. The number of hydrogen-bond acceptors (Lipinski definition) is 8. The van der Waals surface area contributed by atoms with Crippen LogP contribution in [0.5, 0.6) is 11.5 Å². The smallest absolute Gasteiger partial charge is 0.216 e. The van der Waals surface area contributed by atoms with Crippen LogP contribution in [0.4, 0.5) is 11.5 Å². The minimum absolute atomic E-state index is 0.142. The standard InChI is InChI=1S/C23H25Cl2N5O3/c1-5-23(2,3)22-29-20(30-33-22)11-32-19-10-17-14(9-18(19)31-4)21(27-12-26-17)28-13-6-7-15(24)16(25)8-13/h6-10,12,20,30H,5,11H2,1-4H3,(H,26,27,28). The number of ether oxygens (including phenoxy) is 2. The zero-order valence-corrected chi connectivity index (χ0v) is 20.3. The van der Waals surface area contributed by atoms with Crippen molar-refractivity contribution in [3.8, 4) is 11.5 Å². The van der Waals surface area contributed by atoms with Crippen LogP contribution in [-0.4, -0.2) is 35.7 Å². The van der Waals surface area contributed by atoms with Crippen molar-refractivity contribution in [1.82, 2.24) is 15.4 Å². The number of nitrogens with one attached hydrogen (secondary N) is 2. The second kappa shape index (κ2) is 9.59. The Balaban J connectivity index is 1.56. The average Bonchev–Trinajstić information content (AvgIpc) is 3.30. The van der Waals surface area contributed by atoms with Crippen molar-refractivity contribution in [3.63, 3.8) is 0 Å². The van der Waals surface area contributed by atoms with Gasteiger partial charge in [-0.2, -0.15) is 0 Å². The lowest BCUT2D eigenvalue weighted by atomic mass is 9.90. The van der Waals surface area contributed by atoms with Gasteiger partial charge >= 0.3 is 0 Å². The second-order valence-electron chi connectivity index (χ2n) is 8.21. The third-order valence-corrected chi connectivity index (χ3v) is 6.27. The van der Waals surface area contributed by atoms with Crippen LogP contribution in [0.15, 0.2) is 41.7 Å². The molecule has 2 heterocycles. The molecule has 0 spiro atoms. The second-order valence-corrected chi connectivity index (χ2v) is 9.03. The summed E-state index contributed by atoms with van der Waals surface area (Å²) in [6, 6.07) is 8.92. The van der Waals surface area contributed by atoms with E-state index in [1.54, 1.807) is 19.2 Å². The highest BCUT2D eigenvalue weighted by Crippen LogP contribution is 2.36. The molecule has 1 atom stereocenters. The summed E-state index contributed by atoms with van der Waals surface area (Å²) < 4.78 is 11.6. The first kappa shape index (κ1) is 23.4. The van der Waals surface area contributed by atoms with Gasteiger partial charge in [0.25, 0.3) is 0 Å². The lowest BCUT2D eigenvalue weighted by Crippen LogP contribution is -2.29. The molecule has 174 valence electrons. The lowest BCUT2D eigenvalue weighted by Gasteiger charge is -2.19. The van der Waals surface area contributed by atoms with Gasteiger partial charge in [-0.25, -0.2) is 15.0 Å². The summed E-state index contributed by atoms with van der Waals surface area (Å²) in [5, 5.41) is 4.95. The minimum atomic E-state index is -0.316. The summed E-state index contributed by atoms with van der Waals surface area (Å²) >= 11 is 12.1. The summed E-state index contributed by atoms with van der Waals surface area (Å²) in [5.41, 5.74) is 4.21. The Labute approximate surface area is 202 Å². The van der Waals surface area contributed by atoms with Crippen LogP contribution in [0.25, 0.3) is 10.9 Å². The van der Waals surface area contributed by atoms with Crippen LogP contribution in [0.1, 0.15) is 27.2 Å². The first-order valence-corrected chi connectivity index (χ1v) is 11.2. The van der Waals surface area contributed by atoms with Crippen LogP contribution >= 0.6 is 23.2 Å². The summed E-state index contributed by atoms with van der Waals surface area (Å²) in [6.07, 6.45) is 2.08. The minimum Gasteiger partial charge on any atom is -0.493 e. The molecule has 2 N–H and O–H groups in total. The van der Waals surface area contributed by atoms with E-state index in [0.717, 1.165) is 17.5 Å². The van der Waals surface area contributed by atoms with Gasteiger partial charge in [0.15, 0.2) is 17.7 Å². The molecule has 3 aromatic rings. The van der Waals surface area contributed by atoms with Crippen molar-refractivity contribution in [1.29, 1.82) is 0 Å². The van der Waals surface area contributed by atoms with E-state index in [1.807, 2.05) is 18.2 Å². The molecule has 8 nitrogen and oxygen atoms in total. The molecule has 1 unspecified atom stereocenters. The van der Waals surface area contributed by atoms with Gasteiger partial charge in [-0.05, 0) is 30.7 Å². The highest BCUT2D eigenvalue weighted by atomic mass is 35.5. The van der Waals surface area contributed by atoms with Crippen molar-refractivity contribution < 1.29 is 14.3 Å². The van der Waals surface area contributed by atoms with E-state index < -0.39 is 0 Å². The van der Waals surface area contributed by atoms with E-state index in [4.69, 9.17) is 37.5 Å². The van der Waals surface area contributed by atoms with Crippen molar-refractivity contribution >= 4 is 51.5 Å². The third kappa shape index (κ3) is 5.08. The highest BCUT2D eigenvalue weighted by molar-refractivity contribution is 6.42. The molecular formula is C23H25Cl2N5O3. The van der Waals surface area contributed by atoms with E-state index in [1.165, 1.54) is 6.33 Å². The van der Waals surface area contributed by atoms with E-state index in [9.17, 15) is 0 Å². The van der Waals surface area contributed by atoms with Crippen LogP contribution in [0.2, 0.25) is 10.0 Å². The number of hydrogen-bond donors (Lipinski definition) is 2. The molecular weight excluding hydrogens is 465 g/mol. The van der Waals surface area contributed by atoms with Crippen LogP contribution < -0.4 is 20.3 Å². The number of fused-ring (bicyclic) bond motifs is 1. The van der Waals surface area contributed by atoms with E-state index in [-0.39, 0.29) is 18.2 Å². The number of rotatable bonds is 8. The zero-order chi connectivity index (χ0) is 23.6. The van der Waals surface area contributed by atoms with Crippen molar-refractivity contribution in [2.45, 2.75) is 33.4 Å². The Bertz CT molecular complexity index is 1200. The zero-order valence-electron chi connectivity index (χ0n) is 18.8. The molecule has 0 saturated carbocycles. The Morgan fingerprint density at radius 3 is 2.67 bits per heavy atom. The molecule has 0 fully saturated rings. The van der Waals surface area contributed by atoms with E-state index in [0.29, 0.717) is 38.8 Å². The van der Waals surface area contributed by atoms with Crippen molar-refractivity contribution in [2.24, 2.45) is 10.4 Å². The maximum atomic E-state index is 6.13. The van der Waals surface area contributed by atoms with Crippen LogP contribution in [0.3, 0.4) is 0 Å². The van der Waals surface area contributed by atoms with Gasteiger partial charge in [-0.1, -0.05) is 44.0 Å². The number of halogens is 2. The molecule has 1 aliphatic heterocycles. The molecule has 1 aromatic heterocycles. The molecule has 0 amide bonds. The molecule has 0 saturated heterocycles. The van der Waals surface area contributed by atoms with E-state index in [2.05, 4.69) is 46.5 Å². The van der Waals surface area contributed by atoms with E-state index >= 15 is 0 Å². The highest BCUT2D eigenvalue weighted by Gasteiger charge is 2.31.